The summed E-state index contributed by atoms with van der Waals surface area (Å²) in [4.78, 5) is 0. The predicted molar refractivity (Wildman–Crippen MR) is 62.9 cm³/mol. The molecule has 2 heteroatoms. The van der Waals surface area contributed by atoms with Crippen LogP contribution in [0.3, 0.4) is 0 Å². The van der Waals surface area contributed by atoms with Crippen LogP contribution in [0.25, 0.3) is 0 Å². The molecular formula is C12H18ClN. The van der Waals surface area contributed by atoms with E-state index in [0.29, 0.717) is 6.54 Å². The quantitative estimate of drug-likeness (QED) is 0.816. The Hall–Kier alpha value is -0.530. The van der Waals surface area contributed by atoms with E-state index >= 15 is 0 Å². The Balaban J connectivity index is 3.12. The Morgan fingerprint density at radius 3 is 2.57 bits per heavy atom. The largest absolute Gasteiger partial charge is 0.330 e. The monoisotopic (exact) mass is 211 g/mol. The van der Waals surface area contributed by atoms with Gasteiger partial charge in [0, 0.05) is 5.02 Å². The molecule has 0 fully saturated rings. The van der Waals surface area contributed by atoms with Crippen LogP contribution in [0.15, 0.2) is 18.2 Å². The Kier molecular flexibility index (Phi) is 3.57. The maximum Gasteiger partial charge on any atom is 0.0438 e. The van der Waals surface area contributed by atoms with Crippen LogP contribution >= 0.6 is 11.6 Å². The first kappa shape index (κ1) is 11.5. The zero-order valence-electron chi connectivity index (χ0n) is 9.10. The molecule has 0 radical (unpaired) electrons. The molecule has 0 aliphatic carbocycles. The van der Waals surface area contributed by atoms with Crippen molar-refractivity contribution in [2.45, 2.75) is 32.6 Å². The second kappa shape index (κ2) is 4.33. The molecule has 0 spiro atoms. The van der Waals surface area contributed by atoms with Crippen LogP contribution < -0.4 is 5.73 Å². The van der Waals surface area contributed by atoms with Crippen molar-refractivity contribution in [1.82, 2.24) is 0 Å². The fourth-order valence-corrected chi connectivity index (χ4v) is 2.01. The number of hydrogen-bond acceptors (Lipinski definition) is 1. The van der Waals surface area contributed by atoms with E-state index in [2.05, 4.69) is 26.8 Å². The summed E-state index contributed by atoms with van der Waals surface area (Å²) >= 11 is 6.09. The molecule has 0 aromatic heterocycles. The van der Waals surface area contributed by atoms with Crippen molar-refractivity contribution in [2.24, 2.45) is 5.73 Å². The summed E-state index contributed by atoms with van der Waals surface area (Å²) in [7, 11) is 0. The van der Waals surface area contributed by atoms with Crippen molar-refractivity contribution in [1.29, 1.82) is 0 Å². The third kappa shape index (κ3) is 2.28. The molecule has 1 rings (SSSR count). The third-order valence-electron chi connectivity index (χ3n) is 2.77. The molecule has 14 heavy (non-hydrogen) atoms. The molecule has 2 N–H and O–H groups in total. The van der Waals surface area contributed by atoms with Gasteiger partial charge in [0.1, 0.15) is 0 Å². The van der Waals surface area contributed by atoms with Gasteiger partial charge in [0.2, 0.25) is 0 Å². The molecule has 0 aliphatic rings. The van der Waals surface area contributed by atoms with Crippen LogP contribution in [0.2, 0.25) is 5.02 Å². The van der Waals surface area contributed by atoms with E-state index in [9.17, 15) is 0 Å². The standard InChI is InChI=1S/C12H18ClN/c1-9-10(5-4-6-11(9)13)12(2,3)7-8-14/h4-6H,7-8,14H2,1-3H3. The van der Waals surface area contributed by atoms with Crippen LogP contribution in [-0.2, 0) is 5.41 Å². The Labute approximate surface area is 91.3 Å². The number of rotatable bonds is 3. The zero-order chi connectivity index (χ0) is 10.8. The third-order valence-corrected chi connectivity index (χ3v) is 3.18. The van der Waals surface area contributed by atoms with Crippen LogP contribution in [0.1, 0.15) is 31.4 Å². The topological polar surface area (TPSA) is 26.0 Å². The zero-order valence-corrected chi connectivity index (χ0v) is 9.86. The fraction of sp³-hybridized carbons (Fsp3) is 0.500. The van der Waals surface area contributed by atoms with E-state index in [1.165, 1.54) is 11.1 Å². The number of halogens is 1. The molecule has 0 heterocycles. The second-order valence-electron chi connectivity index (χ2n) is 4.33. The van der Waals surface area contributed by atoms with Crippen molar-refractivity contribution in [3.05, 3.63) is 34.3 Å². The molecule has 1 aromatic carbocycles. The lowest BCUT2D eigenvalue weighted by Crippen LogP contribution is -2.22. The molecule has 0 amide bonds. The minimum Gasteiger partial charge on any atom is -0.330 e. The van der Waals surface area contributed by atoms with Crippen molar-refractivity contribution in [3.63, 3.8) is 0 Å². The summed E-state index contributed by atoms with van der Waals surface area (Å²) in [6.45, 7) is 7.19. The molecule has 0 saturated heterocycles. The highest BCUT2D eigenvalue weighted by molar-refractivity contribution is 6.31. The summed E-state index contributed by atoms with van der Waals surface area (Å²) in [6, 6.07) is 6.07. The summed E-state index contributed by atoms with van der Waals surface area (Å²) in [5.74, 6) is 0. The van der Waals surface area contributed by atoms with E-state index in [4.69, 9.17) is 17.3 Å². The summed E-state index contributed by atoms with van der Waals surface area (Å²) < 4.78 is 0. The molecular weight excluding hydrogens is 194 g/mol. The van der Waals surface area contributed by atoms with Gasteiger partial charge < -0.3 is 5.73 Å². The Bertz CT molecular complexity index is 318. The number of hydrogen-bond donors (Lipinski definition) is 1. The van der Waals surface area contributed by atoms with Gasteiger partial charge in [0.05, 0.1) is 0 Å². The lowest BCUT2D eigenvalue weighted by molar-refractivity contribution is 0.485. The van der Waals surface area contributed by atoms with E-state index in [0.717, 1.165) is 11.4 Å². The lowest BCUT2D eigenvalue weighted by Gasteiger charge is -2.26. The molecule has 78 valence electrons. The molecule has 0 atom stereocenters. The first-order chi connectivity index (χ1) is 6.49. The molecule has 0 saturated carbocycles. The summed E-state index contributed by atoms with van der Waals surface area (Å²) in [5.41, 5.74) is 8.20. The van der Waals surface area contributed by atoms with Gasteiger partial charge in [-0.3, -0.25) is 0 Å². The molecule has 0 aliphatic heterocycles. The van der Waals surface area contributed by atoms with Gasteiger partial charge in [-0.1, -0.05) is 37.6 Å². The van der Waals surface area contributed by atoms with Crippen molar-refractivity contribution < 1.29 is 0 Å². The van der Waals surface area contributed by atoms with Crippen LogP contribution in [0.5, 0.6) is 0 Å². The highest BCUT2D eigenvalue weighted by Gasteiger charge is 2.21. The Morgan fingerprint density at radius 1 is 1.36 bits per heavy atom. The minimum absolute atomic E-state index is 0.115. The predicted octanol–water partition coefficient (Wildman–Crippen LogP) is 3.27. The van der Waals surface area contributed by atoms with Crippen molar-refractivity contribution in [2.75, 3.05) is 6.54 Å². The average Bonchev–Trinajstić information content (AvgIpc) is 2.09. The van der Waals surface area contributed by atoms with Crippen LogP contribution in [0.4, 0.5) is 0 Å². The maximum absolute atomic E-state index is 6.09. The van der Waals surface area contributed by atoms with E-state index in [1.54, 1.807) is 0 Å². The SMILES string of the molecule is Cc1c(Cl)cccc1C(C)(C)CCN. The normalized spacial score (nSPS) is 11.8. The smallest absolute Gasteiger partial charge is 0.0438 e. The molecule has 0 bridgehead atoms. The van der Waals surface area contributed by atoms with Crippen LogP contribution in [-0.4, -0.2) is 6.54 Å². The highest BCUT2D eigenvalue weighted by atomic mass is 35.5. The van der Waals surface area contributed by atoms with E-state index < -0.39 is 0 Å². The highest BCUT2D eigenvalue weighted by Crippen LogP contribution is 2.32. The van der Waals surface area contributed by atoms with Crippen LogP contribution in [0, 0.1) is 6.92 Å². The van der Waals surface area contributed by atoms with Crippen molar-refractivity contribution in [3.8, 4) is 0 Å². The maximum atomic E-state index is 6.09. The van der Waals surface area contributed by atoms with Gasteiger partial charge in [-0.15, -0.1) is 0 Å². The van der Waals surface area contributed by atoms with E-state index in [1.807, 2.05) is 12.1 Å². The first-order valence-electron chi connectivity index (χ1n) is 4.94. The van der Waals surface area contributed by atoms with Gasteiger partial charge in [0.15, 0.2) is 0 Å². The summed E-state index contributed by atoms with van der Waals surface area (Å²) in [5, 5.41) is 0.840. The fourth-order valence-electron chi connectivity index (χ4n) is 1.84. The average molecular weight is 212 g/mol. The van der Waals surface area contributed by atoms with Gasteiger partial charge in [-0.2, -0.15) is 0 Å². The van der Waals surface area contributed by atoms with E-state index in [-0.39, 0.29) is 5.41 Å². The summed E-state index contributed by atoms with van der Waals surface area (Å²) in [6.07, 6.45) is 0.980. The van der Waals surface area contributed by atoms with Gasteiger partial charge in [-0.05, 0) is 42.5 Å². The van der Waals surface area contributed by atoms with Gasteiger partial charge in [-0.25, -0.2) is 0 Å². The minimum atomic E-state index is 0.115. The molecule has 1 aromatic rings. The first-order valence-corrected chi connectivity index (χ1v) is 5.32. The van der Waals surface area contributed by atoms with Crippen molar-refractivity contribution >= 4 is 11.6 Å². The second-order valence-corrected chi connectivity index (χ2v) is 4.74. The number of nitrogens with two attached hydrogens (primary N) is 1. The van der Waals surface area contributed by atoms with Gasteiger partial charge >= 0.3 is 0 Å². The lowest BCUT2D eigenvalue weighted by atomic mass is 9.79. The number of benzene rings is 1. The Morgan fingerprint density at radius 2 is 2.00 bits per heavy atom. The van der Waals surface area contributed by atoms with Gasteiger partial charge in [0.25, 0.3) is 0 Å². The molecule has 1 nitrogen and oxygen atoms in total. The molecule has 0 unspecified atom stereocenters.